The smallest absolute Gasteiger partial charge is 0.183 e. The molecule has 24 heavy (non-hydrogen) atoms. The van der Waals surface area contributed by atoms with Gasteiger partial charge in [-0.2, -0.15) is 0 Å². The third-order valence-electron chi connectivity index (χ3n) is 3.65. The van der Waals surface area contributed by atoms with Crippen molar-refractivity contribution in [2.45, 2.75) is 17.4 Å². The van der Waals surface area contributed by atoms with Crippen molar-refractivity contribution in [3.05, 3.63) is 29.3 Å². The van der Waals surface area contributed by atoms with Crippen LogP contribution in [0.2, 0.25) is 5.02 Å². The largest absolute Gasteiger partial charge is 0.361 e. The molecule has 1 aromatic carbocycles. The second-order valence-electron chi connectivity index (χ2n) is 5.78. The van der Waals surface area contributed by atoms with Gasteiger partial charge in [-0.1, -0.05) is 11.6 Å². The Kier molecular flexibility index (Phi) is 7.18. The Hall–Kier alpha value is -0.540. The molecule has 0 amide bonds. The first-order valence-corrected chi connectivity index (χ1v) is 11.2. The lowest BCUT2D eigenvalue weighted by atomic mass is 10.2. The molecule has 1 N–H and O–H groups in total. The fraction of sp³-hybridized carbons (Fsp3) is 0.533. The Balaban J connectivity index is 1.82. The highest BCUT2D eigenvalue weighted by Gasteiger charge is 2.34. The summed E-state index contributed by atoms with van der Waals surface area (Å²) in [6.07, 6.45) is 0.613. The van der Waals surface area contributed by atoms with Crippen molar-refractivity contribution in [3.63, 3.8) is 0 Å². The zero-order valence-corrected chi connectivity index (χ0v) is 16.9. The van der Waals surface area contributed by atoms with Gasteiger partial charge >= 0.3 is 0 Å². The molecule has 0 radical (unpaired) electrons. The fourth-order valence-electron chi connectivity index (χ4n) is 2.58. The van der Waals surface area contributed by atoms with Gasteiger partial charge in [0.2, 0.25) is 0 Å². The van der Waals surface area contributed by atoms with Crippen molar-refractivity contribution >= 4 is 50.5 Å². The van der Waals surface area contributed by atoms with Crippen molar-refractivity contribution in [3.8, 4) is 0 Å². The van der Waals surface area contributed by atoms with Gasteiger partial charge in [-0.25, -0.2) is 13.4 Å². The van der Waals surface area contributed by atoms with Crippen LogP contribution in [-0.2, 0) is 9.84 Å². The number of nitrogens with one attached hydrogen (secondary N) is 1. The van der Waals surface area contributed by atoms with Crippen LogP contribution in [0.15, 0.2) is 29.2 Å². The maximum atomic E-state index is 11.7. The summed E-state index contributed by atoms with van der Waals surface area (Å²) in [6, 6.07) is 7.63. The molecule has 134 valence electrons. The van der Waals surface area contributed by atoms with Crippen molar-refractivity contribution in [2.75, 3.05) is 37.9 Å². The Morgan fingerprint density at radius 2 is 2.04 bits per heavy atom. The fourth-order valence-corrected chi connectivity index (χ4v) is 5.58. The lowest BCUT2D eigenvalue weighted by Crippen LogP contribution is -2.53. The summed E-state index contributed by atoms with van der Waals surface area (Å²) in [5, 5.41) is 8.24. The molecule has 1 saturated heterocycles. The van der Waals surface area contributed by atoms with E-state index in [4.69, 9.17) is 23.8 Å². The number of benzene rings is 1. The first-order valence-electron chi connectivity index (χ1n) is 7.61. The lowest BCUT2D eigenvalue weighted by Gasteiger charge is -2.36. The van der Waals surface area contributed by atoms with Crippen molar-refractivity contribution in [1.82, 2.24) is 15.3 Å². The summed E-state index contributed by atoms with van der Waals surface area (Å²) < 4.78 is 23.4. The third-order valence-corrected chi connectivity index (χ3v) is 7.00. The predicted octanol–water partition coefficient (Wildman–Crippen LogP) is 2.27. The highest BCUT2D eigenvalue weighted by molar-refractivity contribution is 7.99. The summed E-state index contributed by atoms with van der Waals surface area (Å²) in [7, 11) is 0.810. The third kappa shape index (κ3) is 5.77. The number of hydrogen-bond acceptors (Lipinski definition) is 5. The molecule has 1 aliphatic rings. The van der Waals surface area contributed by atoms with E-state index in [1.165, 1.54) is 0 Å². The monoisotopic (exact) mass is 407 g/mol. The van der Waals surface area contributed by atoms with Crippen molar-refractivity contribution in [2.24, 2.45) is 0 Å². The Labute approximate surface area is 158 Å². The van der Waals surface area contributed by atoms with Crippen LogP contribution < -0.4 is 5.32 Å². The highest BCUT2D eigenvalue weighted by Crippen LogP contribution is 2.20. The van der Waals surface area contributed by atoms with Crippen LogP contribution >= 0.6 is 35.6 Å². The van der Waals surface area contributed by atoms with Crippen LogP contribution in [0.5, 0.6) is 0 Å². The van der Waals surface area contributed by atoms with E-state index >= 15 is 0 Å². The molecule has 1 atom stereocenters. The number of rotatable bonds is 6. The van der Waals surface area contributed by atoms with Gasteiger partial charge in [0.25, 0.3) is 0 Å². The average molecular weight is 408 g/mol. The summed E-state index contributed by atoms with van der Waals surface area (Å²) in [4.78, 5) is 1.15. The van der Waals surface area contributed by atoms with Gasteiger partial charge in [0.15, 0.2) is 14.9 Å². The summed E-state index contributed by atoms with van der Waals surface area (Å²) in [6.45, 7) is 0.704. The zero-order valence-electron chi connectivity index (χ0n) is 13.7. The maximum absolute atomic E-state index is 11.7. The minimum absolute atomic E-state index is 0.0890. The quantitative estimate of drug-likeness (QED) is 0.336. The molecule has 1 heterocycles. The molecule has 2 rings (SSSR count). The Bertz CT molecular complexity index is 665. The summed E-state index contributed by atoms with van der Waals surface area (Å²) in [5.74, 6) is 1.25. The molecule has 1 fully saturated rings. The Morgan fingerprint density at radius 3 is 2.58 bits per heavy atom. The number of hydrogen-bond donors (Lipinski definition) is 1. The number of thioether (sulfide) groups is 1. The van der Waals surface area contributed by atoms with E-state index in [0.717, 1.165) is 15.7 Å². The van der Waals surface area contributed by atoms with E-state index in [1.54, 1.807) is 11.8 Å². The van der Waals surface area contributed by atoms with Crippen LogP contribution in [0, 0.1) is 0 Å². The van der Waals surface area contributed by atoms with E-state index in [9.17, 15) is 8.42 Å². The number of sulfone groups is 1. The Morgan fingerprint density at radius 1 is 1.38 bits per heavy atom. The standard InChI is InChI=1S/C15H22ClN3O2S3/c1-18(2)19(13-7-10-24(20,21)11-13)15(22)17-8-9-23-14-5-3-12(16)4-6-14/h3-6,13H,7-11H2,1-2H3,(H,17,22)/t13-/m0/s1. The molecular weight excluding hydrogens is 386 g/mol. The first-order chi connectivity index (χ1) is 11.3. The van der Waals surface area contributed by atoms with Gasteiger partial charge in [-0.3, -0.25) is 5.01 Å². The molecule has 0 aliphatic carbocycles. The second-order valence-corrected chi connectivity index (χ2v) is 10.0. The maximum Gasteiger partial charge on any atom is 0.183 e. The molecule has 1 aromatic rings. The molecule has 9 heteroatoms. The van der Waals surface area contributed by atoms with Gasteiger partial charge < -0.3 is 5.32 Å². The van der Waals surface area contributed by atoms with Gasteiger partial charge in [-0.15, -0.1) is 11.8 Å². The topological polar surface area (TPSA) is 52.6 Å². The minimum atomic E-state index is -2.94. The highest BCUT2D eigenvalue weighted by atomic mass is 35.5. The van der Waals surface area contributed by atoms with E-state index in [0.29, 0.717) is 18.1 Å². The number of halogens is 1. The molecule has 0 spiro atoms. The van der Waals surface area contributed by atoms with Crippen LogP contribution in [0.4, 0.5) is 0 Å². The molecule has 0 unspecified atom stereocenters. The molecular formula is C15H22ClN3O2S3. The predicted molar refractivity (Wildman–Crippen MR) is 105 cm³/mol. The minimum Gasteiger partial charge on any atom is -0.361 e. The normalized spacial score (nSPS) is 19.4. The SMILES string of the molecule is CN(C)N(C(=S)NCCSc1ccc(Cl)cc1)[C@H]1CCS(=O)(=O)C1. The number of nitrogens with zero attached hydrogens (tertiary/aromatic N) is 2. The van der Waals surface area contributed by atoms with Crippen molar-refractivity contribution < 1.29 is 8.42 Å². The van der Waals surface area contributed by atoms with E-state index in [1.807, 2.05) is 48.4 Å². The van der Waals surface area contributed by atoms with E-state index < -0.39 is 9.84 Å². The van der Waals surface area contributed by atoms with Crippen LogP contribution in [0.1, 0.15) is 6.42 Å². The molecule has 5 nitrogen and oxygen atoms in total. The second kappa shape index (κ2) is 8.71. The van der Waals surface area contributed by atoms with E-state index in [-0.39, 0.29) is 17.5 Å². The van der Waals surface area contributed by atoms with Gasteiger partial charge in [-0.05, 0) is 42.9 Å². The average Bonchev–Trinajstić information content (AvgIpc) is 2.85. The molecule has 0 saturated carbocycles. The zero-order chi connectivity index (χ0) is 17.7. The molecule has 0 bridgehead atoms. The summed E-state index contributed by atoms with van der Waals surface area (Å²) in [5.41, 5.74) is 0. The van der Waals surface area contributed by atoms with Gasteiger partial charge in [0.05, 0.1) is 17.5 Å². The van der Waals surface area contributed by atoms with Crippen LogP contribution in [0.25, 0.3) is 0 Å². The number of hydrazine groups is 1. The summed E-state index contributed by atoms with van der Waals surface area (Å²) >= 11 is 13.0. The van der Waals surface area contributed by atoms with E-state index in [2.05, 4.69) is 5.32 Å². The molecule has 1 aliphatic heterocycles. The van der Waals surface area contributed by atoms with Crippen LogP contribution in [-0.4, -0.2) is 67.5 Å². The van der Waals surface area contributed by atoms with Gasteiger partial charge in [0, 0.05) is 36.3 Å². The first kappa shape index (κ1) is 19.8. The van der Waals surface area contributed by atoms with Gasteiger partial charge in [0.1, 0.15) is 0 Å². The molecule has 0 aromatic heterocycles. The van der Waals surface area contributed by atoms with Crippen LogP contribution in [0.3, 0.4) is 0 Å². The lowest BCUT2D eigenvalue weighted by molar-refractivity contribution is 0.0715. The van der Waals surface area contributed by atoms with Crippen molar-refractivity contribution in [1.29, 1.82) is 0 Å². The number of thiocarbonyl (C=S) groups is 1.